The number of amides is 1. The molecule has 0 aliphatic carbocycles. The highest BCUT2D eigenvalue weighted by Crippen LogP contribution is 2.27. The molecule has 1 aliphatic heterocycles. The fourth-order valence-electron chi connectivity index (χ4n) is 2.15. The van der Waals surface area contributed by atoms with Crippen LogP contribution in [0.1, 0.15) is 27.2 Å². The van der Waals surface area contributed by atoms with Crippen molar-refractivity contribution in [1.82, 2.24) is 14.9 Å². The minimum atomic E-state index is -0.505. The lowest BCUT2D eigenvalue weighted by Gasteiger charge is -2.24. The summed E-state index contributed by atoms with van der Waals surface area (Å²) < 4.78 is 11.1. The number of carbonyl (C=O) groups is 1. The minimum absolute atomic E-state index is 0.158. The Kier molecular flexibility index (Phi) is 4.58. The lowest BCUT2D eigenvalue weighted by molar-refractivity contribution is 0.0275. The second-order valence-corrected chi connectivity index (χ2v) is 6.15. The van der Waals surface area contributed by atoms with Gasteiger partial charge in [-0.1, -0.05) is 0 Å². The van der Waals surface area contributed by atoms with Crippen LogP contribution in [0.3, 0.4) is 0 Å². The zero-order chi connectivity index (χ0) is 16.3. The maximum atomic E-state index is 12.0. The Balaban J connectivity index is 1.96. The largest absolute Gasteiger partial charge is 0.471 e. The molecule has 0 aromatic carbocycles. The predicted octanol–water partition coefficient (Wildman–Crippen LogP) is 1.49. The van der Waals surface area contributed by atoms with Gasteiger partial charge in [0.05, 0.1) is 6.54 Å². The van der Waals surface area contributed by atoms with Gasteiger partial charge in [-0.2, -0.15) is 4.98 Å². The molecule has 8 heteroatoms. The molecule has 0 bridgehead atoms. The van der Waals surface area contributed by atoms with Crippen LogP contribution in [0.2, 0.25) is 0 Å². The van der Waals surface area contributed by atoms with Crippen LogP contribution in [0.15, 0.2) is 6.33 Å². The number of aromatic nitrogens is 2. The lowest BCUT2D eigenvalue weighted by Crippen LogP contribution is -2.36. The third kappa shape index (κ3) is 3.90. The molecule has 122 valence electrons. The number of carbonyl (C=O) groups excluding carboxylic acids is 1. The number of ether oxygens (including phenoxy) is 2. The third-order valence-corrected chi connectivity index (χ3v) is 3.16. The highest BCUT2D eigenvalue weighted by atomic mass is 16.6. The summed E-state index contributed by atoms with van der Waals surface area (Å²) in [6.07, 6.45) is 1.61. The number of anilines is 2. The molecule has 2 heterocycles. The minimum Gasteiger partial charge on any atom is -0.471 e. The summed E-state index contributed by atoms with van der Waals surface area (Å²) in [6, 6.07) is 0. The van der Waals surface area contributed by atoms with Crippen LogP contribution in [0, 0.1) is 0 Å². The quantitative estimate of drug-likeness (QED) is 0.872. The first-order valence-corrected chi connectivity index (χ1v) is 7.23. The molecule has 1 saturated heterocycles. The van der Waals surface area contributed by atoms with Gasteiger partial charge in [0.25, 0.3) is 0 Å². The van der Waals surface area contributed by atoms with Crippen molar-refractivity contribution in [1.29, 1.82) is 0 Å². The van der Waals surface area contributed by atoms with E-state index in [0.29, 0.717) is 36.9 Å². The first-order valence-electron chi connectivity index (χ1n) is 7.23. The molecule has 3 N–H and O–H groups in total. The smallest absolute Gasteiger partial charge is 0.410 e. The number of hydrogen-bond acceptors (Lipinski definition) is 7. The summed E-state index contributed by atoms with van der Waals surface area (Å²) in [5.74, 6) is 0.849. The number of nitrogen functional groups attached to an aromatic ring is 1. The van der Waals surface area contributed by atoms with Crippen LogP contribution in [0.25, 0.3) is 0 Å². The number of rotatable bonds is 3. The molecule has 1 unspecified atom stereocenters. The van der Waals surface area contributed by atoms with Crippen LogP contribution >= 0.6 is 0 Å². The van der Waals surface area contributed by atoms with Crippen molar-refractivity contribution in [2.24, 2.45) is 0 Å². The van der Waals surface area contributed by atoms with Crippen molar-refractivity contribution in [3.05, 3.63) is 6.33 Å². The van der Waals surface area contributed by atoms with E-state index in [0.717, 1.165) is 0 Å². The van der Waals surface area contributed by atoms with Gasteiger partial charge in [0.1, 0.15) is 23.7 Å². The van der Waals surface area contributed by atoms with E-state index in [-0.39, 0.29) is 12.2 Å². The molecule has 1 fully saturated rings. The van der Waals surface area contributed by atoms with E-state index in [1.165, 1.54) is 6.33 Å². The van der Waals surface area contributed by atoms with Crippen LogP contribution in [-0.2, 0) is 4.74 Å². The third-order valence-electron chi connectivity index (χ3n) is 3.16. The molecule has 1 aromatic rings. The molecule has 0 spiro atoms. The molecule has 2 rings (SSSR count). The van der Waals surface area contributed by atoms with E-state index in [1.54, 1.807) is 11.9 Å². The first kappa shape index (κ1) is 16.1. The van der Waals surface area contributed by atoms with Gasteiger partial charge >= 0.3 is 6.09 Å². The summed E-state index contributed by atoms with van der Waals surface area (Å²) in [6.45, 7) is 6.57. The van der Waals surface area contributed by atoms with Crippen LogP contribution < -0.4 is 15.8 Å². The van der Waals surface area contributed by atoms with E-state index in [1.807, 2.05) is 20.8 Å². The SMILES string of the molecule is CNc1ncnc(OC2CCN(C(=O)OC(C)(C)C)C2)c1N. The Hall–Kier alpha value is -2.25. The van der Waals surface area contributed by atoms with Crippen molar-refractivity contribution in [3.8, 4) is 5.88 Å². The topological polar surface area (TPSA) is 103 Å². The van der Waals surface area contributed by atoms with Gasteiger partial charge in [-0.05, 0) is 20.8 Å². The Bertz CT molecular complexity index is 544. The van der Waals surface area contributed by atoms with Gasteiger partial charge in [0.2, 0.25) is 5.88 Å². The molecule has 8 nitrogen and oxygen atoms in total. The zero-order valence-electron chi connectivity index (χ0n) is 13.4. The van der Waals surface area contributed by atoms with Crippen molar-refractivity contribution >= 4 is 17.6 Å². The molecule has 1 atom stereocenters. The second kappa shape index (κ2) is 6.25. The van der Waals surface area contributed by atoms with Crippen LogP contribution in [-0.4, -0.2) is 52.8 Å². The monoisotopic (exact) mass is 309 g/mol. The Morgan fingerprint density at radius 2 is 2.18 bits per heavy atom. The van der Waals surface area contributed by atoms with E-state index >= 15 is 0 Å². The molecule has 1 amide bonds. The average Bonchev–Trinajstić information content (AvgIpc) is 2.88. The number of nitrogens with one attached hydrogen (secondary N) is 1. The van der Waals surface area contributed by atoms with Crippen molar-refractivity contribution in [2.75, 3.05) is 31.2 Å². The number of nitrogens with zero attached hydrogens (tertiary/aromatic N) is 3. The zero-order valence-corrected chi connectivity index (χ0v) is 13.4. The molecule has 22 heavy (non-hydrogen) atoms. The van der Waals surface area contributed by atoms with E-state index in [2.05, 4.69) is 15.3 Å². The Labute approximate surface area is 130 Å². The molecule has 0 radical (unpaired) electrons. The van der Waals surface area contributed by atoms with Gasteiger partial charge in [0.15, 0.2) is 5.82 Å². The van der Waals surface area contributed by atoms with Gasteiger partial charge in [0, 0.05) is 20.0 Å². The summed E-state index contributed by atoms with van der Waals surface area (Å²) in [5.41, 5.74) is 5.79. The fourth-order valence-corrected chi connectivity index (χ4v) is 2.15. The van der Waals surface area contributed by atoms with E-state index in [4.69, 9.17) is 15.2 Å². The molecular formula is C14H23N5O3. The fraction of sp³-hybridized carbons (Fsp3) is 0.643. The standard InChI is InChI=1S/C14H23N5O3/c1-14(2,3)22-13(20)19-6-5-9(7-19)21-12-10(15)11(16-4)17-8-18-12/h8-9H,5-7,15H2,1-4H3,(H,16,17,18). The predicted molar refractivity (Wildman–Crippen MR) is 82.8 cm³/mol. The lowest BCUT2D eigenvalue weighted by atomic mass is 10.2. The Morgan fingerprint density at radius 3 is 2.82 bits per heavy atom. The van der Waals surface area contributed by atoms with Gasteiger partial charge in [-0.15, -0.1) is 0 Å². The number of hydrogen-bond donors (Lipinski definition) is 2. The molecule has 1 aliphatic rings. The second-order valence-electron chi connectivity index (χ2n) is 6.15. The molecular weight excluding hydrogens is 286 g/mol. The maximum absolute atomic E-state index is 12.0. The summed E-state index contributed by atoms with van der Waals surface area (Å²) in [5, 5.41) is 2.87. The van der Waals surface area contributed by atoms with Crippen LogP contribution in [0.5, 0.6) is 5.88 Å². The maximum Gasteiger partial charge on any atom is 0.410 e. The van der Waals surface area contributed by atoms with Gasteiger partial charge < -0.3 is 25.4 Å². The summed E-state index contributed by atoms with van der Waals surface area (Å²) >= 11 is 0. The molecule has 0 saturated carbocycles. The van der Waals surface area contributed by atoms with Gasteiger partial charge in [-0.25, -0.2) is 9.78 Å². The summed E-state index contributed by atoms with van der Waals surface area (Å²) in [7, 11) is 1.72. The number of nitrogens with two attached hydrogens (primary N) is 1. The van der Waals surface area contributed by atoms with E-state index in [9.17, 15) is 4.79 Å². The first-order chi connectivity index (χ1) is 10.3. The van der Waals surface area contributed by atoms with E-state index < -0.39 is 5.60 Å². The normalized spacial score (nSPS) is 18.2. The van der Waals surface area contributed by atoms with Crippen molar-refractivity contribution in [2.45, 2.75) is 38.9 Å². The van der Waals surface area contributed by atoms with Crippen molar-refractivity contribution < 1.29 is 14.3 Å². The molecule has 1 aromatic heterocycles. The Morgan fingerprint density at radius 1 is 1.45 bits per heavy atom. The van der Waals surface area contributed by atoms with Crippen LogP contribution in [0.4, 0.5) is 16.3 Å². The highest BCUT2D eigenvalue weighted by Gasteiger charge is 2.31. The summed E-state index contributed by atoms with van der Waals surface area (Å²) in [4.78, 5) is 21.7. The number of likely N-dealkylation sites (tertiary alicyclic amines) is 1. The van der Waals surface area contributed by atoms with Crippen molar-refractivity contribution in [3.63, 3.8) is 0 Å². The average molecular weight is 309 g/mol. The van der Waals surface area contributed by atoms with Gasteiger partial charge in [-0.3, -0.25) is 0 Å². The highest BCUT2D eigenvalue weighted by molar-refractivity contribution is 5.68.